The van der Waals surface area contributed by atoms with Crippen LogP contribution < -0.4 is 4.90 Å². The van der Waals surface area contributed by atoms with E-state index in [1.54, 1.807) is 5.57 Å². The van der Waals surface area contributed by atoms with Gasteiger partial charge in [-0.05, 0) is 98.6 Å². The molecule has 34 heavy (non-hydrogen) atoms. The van der Waals surface area contributed by atoms with Gasteiger partial charge in [-0.3, -0.25) is 4.79 Å². The fourth-order valence-corrected chi connectivity index (χ4v) is 7.80. The highest BCUT2D eigenvalue weighted by atomic mass is 16.3. The zero-order valence-corrected chi connectivity index (χ0v) is 21.4. The summed E-state index contributed by atoms with van der Waals surface area (Å²) in [4.78, 5) is 14.6. The number of benzene rings is 1. The number of ketones is 1. The van der Waals surface area contributed by atoms with Crippen LogP contribution >= 0.6 is 0 Å². The highest BCUT2D eigenvalue weighted by Gasteiger charge is 2.61. The fraction of sp³-hybridized carbons (Fsp3) is 0.581. The van der Waals surface area contributed by atoms with Crippen molar-refractivity contribution in [2.45, 2.75) is 89.7 Å². The molecule has 0 aromatic heterocycles. The van der Waals surface area contributed by atoms with Crippen molar-refractivity contribution in [3.63, 3.8) is 0 Å². The van der Waals surface area contributed by atoms with Crippen LogP contribution in [0.2, 0.25) is 0 Å². The summed E-state index contributed by atoms with van der Waals surface area (Å²) < 4.78 is 0. The summed E-state index contributed by atoms with van der Waals surface area (Å²) in [5.41, 5.74) is 5.98. The van der Waals surface area contributed by atoms with E-state index < -0.39 is 5.60 Å². The van der Waals surface area contributed by atoms with Crippen LogP contribution in [0.15, 0.2) is 59.7 Å². The molecule has 4 aliphatic rings. The molecule has 0 saturated heterocycles. The molecule has 0 heterocycles. The molecular weight excluding hydrogens is 418 g/mol. The Labute approximate surface area is 205 Å². The molecule has 3 heteroatoms. The van der Waals surface area contributed by atoms with E-state index in [-0.39, 0.29) is 17.1 Å². The van der Waals surface area contributed by atoms with E-state index in [0.717, 1.165) is 44.9 Å². The number of allylic oxidation sites excluding steroid dienone is 4. The number of carbonyl (C=O) groups excluding carboxylic acids is 1. The predicted octanol–water partition coefficient (Wildman–Crippen LogP) is 6.74. The van der Waals surface area contributed by atoms with Gasteiger partial charge in [0.25, 0.3) is 0 Å². The second-order valence-electron chi connectivity index (χ2n) is 11.6. The quantitative estimate of drug-likeness (QED) is 0.496. The fourth-order valence-electron chi connectivity index (χ4n) is 7.80. The van der Waals surface area contributed by atoms with Crippen molar-refractivity contribution in [1.82, 2.24) is 0 Å². The largest absolute Gasteiger partial charge is 0.385 e. The molecule has 1 unspecified atom stereocenters. The Morgan fingerprint density at radius 1 is 1.21 bits per heavy atom. The standard InChI is InChI=1S/C31H41NO2/c1-6-20(3)32(5)23-11-8-21(9-12-23)27-19-30(4)28(16-17-31(30,34)7-2)26-14-10-22-18-24(33)13-15-25(22)29(26)27/h7-9,11-12,18,20,26-28,34H,2,6,10,13-17,19H2,1,3-5H3/t20?,26-,27+,28-,30-,31-/m0/s1. The number of nitrogens with zero attached hydrogens (tertiary/aromatic N) is 1. The molecule has 2 fully saturated rings. The lowest BCUT2D eigenvalue weighted by molar-refractivity contribution is -0.114. The van der Waals surface area contributed by atoms with E-state index in [9.17, 15) is 9.90 Å². The van der Waals surface area contributed by atoms with Crippen molar-refractivity contribution >= 4 is 11.5 Å². The molecule has 0 amide bonds. The smallest absolute Gasteiger partial charge is 0.156 e. The van der Waals surface area contributed by atoms with E-state index in [1.807, 2.05) is 12.2 Å². The first-order chi connectivity index (χ1) is 16.2. The normalized spacial score (nSPS) is 35.7. The van der Waals surface area contributed by atoms with Gasteiger partial charge >= 0.3 is 0 Å². The predicted molar refractivity (Wildman–Crippen MR) is 140 cm³/mol. The molecule has 0 aliphatic heterocycles. The number of fused-ring (bicyclic) bond motifs is 4. The lowest BCUT2D eigenvalue weighted by Gasteiger charge is -2.54. The molecule has 6 atom stereocenters. The first-order valence-corrected chi connectivity index (χ1v) is 13.4. The van der Waals surface area contributed by atoms with Crippen molar-refractivity contribution in [3.8, 4) is 0 Å². The Kier molecular flexibility index (Phi) is 5.91. The highest BCUT2D eigenvalue weighted by Crippen LogP contribution is 2.67. The molecule has 0 bridgehead atoms. The summed E-state index contributed by atoms with van der Waals surface area (Å²) >= 11 is 0. The second-order valence-corrected chi connectivity index (χ2v) is 11.6. The van der Waals surface area contributed by atoms with Gasteiger partial charge in [-0.2, -0.15) is 0 Å². The zero-order valence-electron chi connectivity index (χ0n) is 21.4. The van der Waals surface area contributed by atoms with Crippen LogP contribution in [0, 0.1) is 17.3 Å². The summed E-state index contributed by atoms with van der Waals surface area (Å²) in [6, 6.07) is 9.69. The minimum Gasteiger partial charge on any atom is -0.385 e. The van der Waals surface area contributed by atoms with Crippen LogP contribution in [-0.2, 0) is 4.79 Å². The Morgan fingerprint density at radius 3 is 2.62 bits per heavy atom. The summed E-state index contributed by atoms with van der Waals surface area (Å²) in [5.74, 6) is 1.53. The van der Waals surface area contributed by atoms with E-state index in [1.165, 1.54) is 22.4 Å². The second kappa shape index (κ2) is 8.52. The molecule has 0 radical (unpaired) electrons. The number of anilines is 1. The third-order valence-corrected chi connectivity index (χ3v) is 10.2. The van der Waals surface area contributed by atoms with Crippen LogP contribution in [0.25, 0.3) is 0 Å². The topological polar surface area (TPSA) is 40.5 Å². The van der Waals surface area contributed by atoms with Crippen molar-refractivity contribution < 1.29 is 9.90 Å². The van der Waals surface area contributed by atoms with Crippen molar-refractivity contribution in [3.05, 3.63) is 65.3 Å². The molecule has 1 N–H and O–H groups in total. The molecule has 3 nitrogen and oxygen atoms in total. The number of hydrogen-bond donors (Lipinski definition) is 1. The number of carbonyl (C=O) groups is 1. The van der Waals surface area contributed by atoms with Crippen molar-refractivity contribution in [1.29, 1.82) is 0 Å². The average molecular weight is 460 g/mol. The lowest BCUT2D eigenvalue weighted by Crippen LogP contribution is -2.50. The molecule has 5 rings (SSSR count). The van der Waals surface area contributed by atoms with Gasteiger partial charge in [0, 0.05) is 36.5 Å². The van der Waals surface area contributed by atoms with Crippen LogP contribution in [0.3, 0.4) is 0 Å². The Balaban J connectivity index is 1.61. The molecule has 2 saturated carbocycles. The molecule has 4 aliphatic carbocycles. The third kappa shape index (κ3) is 3.46. The number of rotatable bonds is 5. The Hall–Kier alpha value is -2.13. The van der Waals surface area contributed by atoms with Gasteiger partial charge in [0.05, 0.1) is 5.60 Å². The van der Waals surface area contributed by atoms with Crippen LogP contribution in [0.5, 0.6) is 0 Å². The van der Waals surface area contributed by atoms with Gasteiger partial charge in [-0.15, -0.1) is 6.58 Å². The van der Waals surface area contributed by atoms with Crippen LogP contribution in [-0.4, -0.2) is 29.6 Å². The SMILES string of the molecule is C=C[C@]1(O)CC[C@H]2[C@@H]3CCC4=CC(=O)CCC4=C3[C@@H](c3ccc(N(C)C(C)CC)cc3)C[C@@]21C. The van der Waals surface area contributed by atoms with Gasteiger partial charge in [-0.25, -0.2) is 0 Å². The average Bonchev–Trinajstić information content (AvgIpc) is 3.13. The number of aliphatic hydroxyl groups is 1. The van der Waals surface area contributed by atoms with Gasteiger partial charge in [-0.1, -0.05) is 37.6 Å². The molecule has 182 valence electrons. The molecule has 0 spiro atoms. The van der Waals surface area contributed by atoms with E-state index in [4.69, 9.17) is 0 Å². The summed E-state index contributed by atoms with van der Waals surface area (Å²) in [6.07, 6.45) is 11.3. The maximum atomic E-state index is 12.2. The van der Waals surface area contributed by atoms with Crippen molar-refractivity contribution in [2.24, 2.45) is 17.3 Å². The van der Waals surface area contributed by atoms with Crippen molar-refractivity contribution in [2.75, 3.05) is 11.9 Å². The van der Waals surface area contributed by atoms with E-state index in [0.29, 0.717) is 24.3 Å². The lowest BCUT2D eigenvalue weighted by atomic mass is 9.51. The first kappa shape index (κ1) is 23.6. The monoisotopic (exact) mass is 459 g/mol. The highest BCUT2D eigenvalue weighted by molar-refractivity contribution is 5.93. The molecule has 1 aromatic rings. The Morgan fingerprint density at radius 2 is 1.94 bits per heavy atom. The minimum absolute atomic E-state index is 0.175. The van der Waals surface area contributed by atoms with E-state index >= 15 is 0 Å². The van der Waals surface area contributed by atoms with Crippen LogP contribution in [0.4, 0.5) is 5.69 Å². The maximum absolute atomic E-state index is 12.2. The Bertz CT molecular complexity index is 1050. The number of hydrogen-bond acceptors (Lipinski definition) is 3. The van der Waals surface area contributed by atoms with Gasteiger partial charge in [0.2, 0.25) is 0 Å². The molecule has 1 aromatic carbocycles. The van der Waals surface area contributed by atoms with E-state index in [2.05, 4.69) is 63.6 Å². The zero-order chi connectivity index (χ0) is 24.3. The van der Waals surface area contributed by atoms with Gasteiger partial charge in [0.1, 0.15) is 0 Å². The van der Waals surface area contributed by atoms with Gasteiger partial charge in [0.15, 0.2) is 5.78 Å². The summed E-state index contributed by atoms with van der Waals surface area (Å²) in [6.45, 7) is 10.9. The summed E-state index contributed by atoms with van der Waals surface area (Å²) in [7, 11) is 2.18. The summed E-state index contributed by atoms with van der Waals surface area (Å²) in [5, 5.41) is 11.7. The maximum Gasteiger partial charge on any atom is 0.156 e. The third-order valence-electron chi connectivity index (χ3n) is 10.2. The van der Waals surface area contributed by atoms with Gasteiger partial charge < -0.3 is 10.0 Å². The first-order valence-electron chi connectivity index (χ1n) is 13.4. The minimum atomic E-state index is -0.804. The van der Waals surface area contributed by atoms with Crippen LogP contribution in [0.1, 0.15) is 83.6 Å². The molecular formula is C31H41NO2.